The van der Waals surface area contributed by atoms with Crippen LogP contribution in [0.15, 0.2) is 24.8 Å². The lowest BCUT2D eigenvalue weighted by Gasteiger charge is -2.11. The Kier molecular flexibility index (Phi) is 2.81. The average Bonchev–Trinajstić information content (AvgIpc) is 2.31. The summed E-state index contributed by atoms with van der Waals surface area (Å²) >= 11 is 0. The molecule has 2 aromatic heterocycles. The van der Waals surface area contributed by atoms with Gasteiger partial charge in [0.05, 0.1) is 18.5 Å². The molecule has 2 aromatic rings. The SMILES string of the molecule is COc1c(C)cnc(-c2ccncn2)c1C. The minimum atomic E-state index is 0.811. The summed E-state index contributed by atoms with van der Waals surface area (Å²) in [5.74, 6) is 0.864. The third kappa shape index (κ3) is 1.74. The van der Waals surface area contributed by atoms with Crippen molar-refractivity contribution in [3.63, 3.8) is 0 Å². The predicted octanol–water partition coefficient (Wildman–Crippen LogP) is 2.16. The maximum atomic E-state index is 5.35. The molecule has 2 heterocycles. The van der Waals surface area contributed by atoms with E-state index >= 15 is 0 Å². The fourth-order valence-corrected chi connectivity index (χ4v) is 1.72. The van der Waals surface area contributed by atoms with Gasteiger partial charge in [-0.05, 0) is 19.9 Å². The number of ether oxygens (including phenoxy) is 1. The summed E-state index contributed by atoms with van der Waals surface area (Å²) in [6, 6.07) is 1.84. The summed E-state index contributed by atoms with van der Waals surface area (Å²) in [6.07, 6.45) is 5.02. The van der Waals surface area contributed by atoms with Crippen LogP contribution in [-0.2, 0) is 0 Å². The Balaban J connectivity index is 2.59. The first-order chi connectivity index (χ1) is 7.74. The van der Waals surface area contributed by atoms with Crippen molar-refractivity contribution in [1.29, 1.82) is 0 Å². The smallest absolute Gasteiger partial charge is 0.128 e. The fourth-order valence-electron chi connectivity index (χ4n) is 1.72. The number of aryl methyl sites for hydroxylation is 1. The van der Waals surface area contributed by atoms with Crippen LogP contribution in [0.1, 0.15) is 11.1 Å². The van der Waals surface area contributed by atoms with E-state index in [1.165, 1.54) is 6.33 Å². The monoisotopic (exact) mass is 215 g/mol. The van der Waals surface area contributed by atoms with Crippen LogP contribution in [0.5, 0.6) is 5.75 Å². The standard InChI is InChI=1S/C12H13N3O/c1-8-6-14-11(9(2)12(8)16-3)10-4-5-13-7-15-10/h4-7H,1-3H3. The number of nitrogens with zero attached hydrogens (tertiary/aromatic N) is 3. The van der Waals surface area contributed by atoms with E-state index in [-0.39, 0.29) is 0 Å². The van der Waals surface area contributed by atoms with Gasteiger partial charge in [-0.3, -0.25) is 4.98 Å². The predicted molar refractivity (Wildman–Crippen MR) is 61.3 cm³/mol. The number of aromatic nitrogens is 3. The Morgan fingerprint density at radius 1 is 1.19 bits per heavy atom. The second-order valence-electron chi connectivity index (χ2n) is 3.54. The lowest BCUT2D eigenvalue weighted by atomic mass is 10.1. The largest absolute Gasteiger partial charge is 0.496 e. The molecular formula is C12H13N3O. The third-order valence-corrected chi connectivity index (χ3v) is 2.47. The molecule has 2 rings (SSSR count). The molecule has 0 saturated heterocycles. The van der Waals surface area contributed by atoms with Crippen molar-refractivity contribution in [3.8, 4) is 17.1 Å². The maximum Gasteiger partial charge on any atom is 0.128 e. The summed E-state index contributed by atoms with van der Waals surface area (Å²) < 4.78 is 5.35. The van der Waals surface area contributed by atoms with Gasteiger partial charge in [-0.25, -0.2) is 9.97 Å². The minimum Gasteiger partial charge on any atom is -0.496 e. The van der Waals surface area contributed by atoms with Crippen molar-refractivity contribution >= 4 is 0 Å². The summed E-state index contributed by atoms with van der Waals surface area (Å²) in [6.45, 7) is 3.96. The average molecular weight is 215 g/mol. The van der Waals surface area contributed by atoms with E-state index < -0.39 is 0 Å². The first kappa shape index (κ1) is 10.5. The van der Waals surface area contributed by atoms with Gasteiger partial charge in [0.25, 0.3) is 0 Å². The second-order valence-corrected chi connectivity index (χ2v) is 3.54. The van der Waals surface area contributed by atoms with Crippen molar-refractivity contribution in [3.05, 3.63) is 35.9 Å². The van der Waals surface area contributed by atoms with Gasteiger partial charge >= 0.3 is 0 Å². The molecule has 4 nitrogen and oxygen atoms in total. The molecule has 0 aliphatic heterocycles. The Bertz CT molecular complexity index is 497. The van der Waals surface area contributed by atoms with Crippen molar-refractivity contribution < 1.29 is 4.74 Å². The van der Waals surface area contributed by atoms with E-state index in [2.05, 4.69) is 15.0 Å². The summed E-state index contributed by atoms with van der Waals surface area (Å²) in [5.41, 5.74) is 3.68. The Morgan fingerprint density at radius 2 is 2.00 bits per heavy atom. The molecule has 0 N–H and O–H groups in total. The lowest BCUT2D eigenvalue weighted by Crippen LogP contribution is -1.97. The van der Waals surface area contributed by atoms with Crippen LogP contribution in [0.2, 0.25) is 0 Å². The van der Waals surface area contributed by atoms with Crippen molar-refractivity contribution in [1.82, 2.24) is 15.0 Å². The minimum absolute atomic E-state index is 0.811. The summed E-state index contributed by atoms with van der Waals surface area (Å²) in [5, 5.41) is 0. The number of pyridine rings is 1. The van der Waals surface area contributed by atoms with E-state index in [1.54, 1.807) is 19.5 Å². The molecule has 0 fully saturated rings. The number of methoxy groups -OCH3 is 1. The number of rotatable bonds is 2. The van der Waals surface area contributed by atoms with E-state index in [0.717, 1.165) is 28.3 Å². The maximum absolute atomic E-state index is 5.35. The third-order valence-electron chi connectivity index (χ3n) is 2.47. The molecule has 0 radical (unpaired) electrons. The van der Waals surface area contributed by atoms with Crippen LogP contribution in [-0.4, -0.2) is 22.1 Å². The van der Waals surface area contributed by atoms with Crippen LogP contribution < -0.4 is 4.74 Å². The van der Waals surface area contributed by atoms with E-state index in [1.807, 2.05) is 19.9 Å². The highest BCUT2D eigenvalue weighted by Crippen LogP contribution is 2.28. The highest BCUT2D eigenvalue weighted by molar-refractivity contribution is 5.62. The summed E-state index contributed by atoms with van der Waals surface area (Å²) in [4.78, 5) is 12.5. The zero-order valence-corrected chi connectivity index (χ0v) is 9.56. The van der Waals surface area contributed by atoms with Crippen molar-refractivity contribution in [2.24, 2.45) is 0 Å². The molecule has 0 aromatic carbocycles. The van der Waals surface area contributed by atoms with E-state index in [9.17, 15) is 0 Å². The van der Waals surface area contributed by atoms with Crippen LogP contribution >= 0.6 is 0 Å². The Labute approximate surface area is 94.4 Å². The van der Waals surface area contributed by atoms with Gasteiger partial charge in [0.2, 0.25) is 0 Å². The molecule has 0 atom stereocenters. The second kappa shape index (κ2) is 4.26. The molecule has 0 amide bonds. The quantitative estimate of drug-likeness (QED) is 0.770. The molecular weight excluding hydrogens is 202 g/mol. The highest BCUT2D eigenvalue weighted by Gasteiger charge is 2.11. The van der Waals surface area contributed by atoms with Crippen LogP contribution in [0.4, 0.5) is 0 Å². The molecule has 0 bridgehead atoms. The highest BCUT2D eigenvalue weighted by atomic mass is 16.5. The zero-order chi connectivity index (χ0) is 11.5. The van der Waals surface area contributed by atoms with Gasteiger partial charge < -0.3 is 4.74 Å². The normalized spacial score (nSPS) is 10.2. The van der Waals surface area contributed by atoms with Gasteiger partial charge in [0.1, 0.15) is 12.1 Å². The molecule has 0 saturated carbocycles. The van der Waals surface area contributed by atoms with Crippen molar-refractivity contribution in [2.75, 3.05) is 7.11 Å². The molecule has 4 heteroatoms. The molecule has 0 aliphatic carbocycles. The molecule has 0 unspecified atom stereocenters. The first-order valence-electron chi connectivity index (χ1n) is 5.00. The van der Waals surface area contributed by atoms with Gasteiger partial charge in [-0.15, -0.1) is 0 Å². The van der Waals surface area contributed by atoms with Crippen LogP contribution in [0.25, 0.3) is 11.4 Å². The lowest BCUT2D eigenvalue weighted by molar-refractivity contribution is 0.408. The molecule has 0 aliphatic rings. The van der Waals surface area contributed by atoms with Gasteiger partial charge in [-0.1, -0.05) is 0 Å². The van der Waals surface area contributed by atoms with Gasteiger partial charge in [0, 0.05) is 23.5 Å². The van der Waals surface area contributed by atoms with E-state index in [0.29, 0.717) is 0 Å². The molecule has 0 spiro atoms. The summed E-state index contributed by atoms with van der Waals surface area (Å²) in [7, 11) is 1.67. The topological polar surface area (TPSA) is 47.9 Å². The van der Waals surface area contributed by atoms with Gasteiger partial charge in [0.15, 0.2) is 0 Å². The Hall–Kier alpha value is -1.97. The van der Waals surface area contributed by atoms with Gasteiger partial charge in [-0.2, -0.15) is 0 Å². The Morgan fingerprint density at radius 3 is 2.62 bits per heavy atom. The van der Waals surface area contributed by atoms with Crippen LogP contribution in [0, 0.1) is 13.8 Å². The zero-order valence-electron chi connectivity index (χ0n) is 9.56. The number of hydrogen-bond donors (Lipinski definition) is 0. The van der Waals surface area contributed by atoms with Crippen molar-refractivity contribution in [2.45, 2.75) is 13.8 Å². The van der Waals surface area contributed by atoms with Crippen LogP contribution in [0.3, 0.4) is 0 Å². The van der Waals surface area contributed by atoms with E-state index in [4.69, 9.17) is 4.74 Å². The fraction of sp³-hybridized carbons (Fsp3) is 0.250. The molecule has 16 heavy (non-hydrogen) atoms. The number of hydrogen-bond acceptors (Lipinski definition) is 4. The first-order valence-corrected chi connectivity index (χ1v) is 5.00. The molecule has 82 valence electrons.